The second kappa shape index (κ2) is 11.2. The van der Waals surface area contributed by atoms with Crippen molar-refractivity contribution >= 4 is 22.7 Å². The molecule has 0 saturated heterocycles. The first-order valence-corrected chi connectivity index (χ1v) is 11.5. The van der Waals surface area contributed by atoms with E-state index in [0.29, 0.717) is 23.3 Å². The van der Waals surface area contributed by atoms with Crippen molar-refractivity contribution in [2.45, 2.75) is 33.3 Å². The summed E-state index contributed by atoms with van der Waals surface area (Å²) >= 11 is 0. The molecule has 0 aliphatic heterocycles. The monoisotopic (exact) mass is 473 g/mol. The van der Waals surface area contributed by atoms with Gasteiger partial charge in [-0.15, -0.1) is 4.73 Å². The summed E-state index contributed by atoms with van der Waals surface area (Å²) in [6, 6.07) is 13.3. The van der Waals surface area contributed by atoms with Gasteiger partial charge in [-0.25, -0.2) is 14.8 Å². The molecular formula is C26H27N5O4. The number of aryl methyl sites for hydroxylation is 2. The minimum Gasteiger partial charge on any atom is -0.462 e. The second-order valence-electron chi connectivity index (χ2n) is 7.88. The van der Waals surface area contributed by atoms with Crippen LogP contribution in [0, 0.1) is 6.92 Å². The molecule has 3 heterocycles. The minimum atomic E-state index is -0.727. The number of carbonyl (C=O) groups is 1. The molecule has 0 fully saturated rings. The van der Waals surface area contributed by atoms with Gasteiger partial charge in [0.1, 0.15) is 12.9 Å². The molecule has 0 saturated carbocycles. The van der Waals surface area contributed by atoms with Gasteiger partial charge in [0.2, 0.25) is 0 Å². The van der Waals surface area contributed by atoms with Crippen molar-refractivity contribution in [1.29, 1.82) is 0 Å². The first-order chi connectivity index (χ1) is 17.1. The summed E-state index contributed by atoms with van der Waals surface area (Å²) < 4.78 is 6.29. The number of rotatable bonds is 10. The van der Waals surface area contributed by atoms with Crippen molar-refractivity contribution in [2.75, 3.05) is 18.5 Å². The van der Waals surface area contributed by atoms with Gasteiger partial charge in [0.25, 0.3) is 0 Å². The molecule has 0 amide bonds. The van der Waals surface area contributed by atoms with E-state index >= 15 is 0 Å². The normalized spacial score (nSPS) is 10.8. The third-order valence-electron chi connectivity index (χ3n) is 5.46. The summed E-state index contributed by atoms with van der Waals surface area (Å²) in [5.74, 6) is -0.727. The van der Waals surface area contributed by atoms with Crippen LogP contribution in [-0.4, -0.2) is 38.8 Å². The lowest BCUT2D eigenvalue weighted by Crippen LogP contribution is -2.34. The van der Waals surface area contributed by atoms with E-state index < -0.39 is 11.5 Å². The molecule has 0 unspecified atom stereocenters. The number of anilines is 1. The van der Waals surface area contributed by atoms with Crippen molar-refractivity contribution in [3.05, 3.63) is 93.9 Å². The highest BCUT2D eigenvalue weighted by Crippen LogP contribution is 2.27. The van der Waals surface area contributed by atoms with Crippen molar-refractivity contribution in [1.82, 2.24) is 19.7 Å². The SMILES string of the molecule is CCOC(=O)c1c(NCCCc2cccnc2)c2c(C)ncnc2n(OCc2ccccc2)c1=O. The standard InChI is InChI=1S/C26H27N5O4/c1-3-34-26(33)22-23(28-14-8-12-19-11-7-13-27-15-19)21-18(2)29-17-30-24(21)31(25(22)32)35-16-20-9-5-4-6-10-20/h4-7,9-11,13,15,17,28H,3,8,12,14,16H2,1-2H3. The average Bonchev–Trinajstić information content (AvgIpc) is 2.87. The number of fused-ring (bicyclic) bond motifs is 1. The maximum Gasteiger partial charge on any atom is 0.346 e. The Balaban J connectivity index is 1.73. The number of hydrogen-bond donors (Lipinski definition) is 1. The summed E-state index contributed by atoms with van der Waals surface area (Å²) in [4.78, 5) is 45.1. The minimum absolute atomic E-state index is 0.124. The van der Waals surface area contributed by atoms with E-state index in [1.54, 1.807) is 20.0 Å². The summed E-state index contributed by atoms with van der Waals surface area (Å²) in [6.45, 7) is 4.26. The van der Waals surface area contributed by atoms with Crippen LogP contribution >= 0.6 is 0 Å². The van der Waals surface area contributed by atoms with Gasteiger partial charge in [-0.1, -0.05) is 36.4 Å². The van der Waals surface area contributed by atoms with E-state index in [1.807, 2.05) is 48.7 Å². The van der Waals surface area contributed by atoms with Crippen LogP contribution < -0.4 is 15.7 Å². The number of nitrogens with zero attached hydrogens (tertiary/aromatic N) is 4. The Morgan fingerprint density at radius 2 is 1.89 bits per heavy atom. The van der Waals surface area contributed by atoms with Crippen LogP contribution in [0.1, 0.15) is 40.5 Å². The van der Waals surface area contributed by atoms with Gasteiger partial charge in [0, 0.05) is 18.9 Å². The zero-order valence-electron chi connectivity index (χ0n) is 19.7. The molecule has 35 heavy (non-hydrogen) atoms. The zero-order chi connectivity index (χ0) is 24.6. The zero-order valence-corrected chi connectivity index (χ0v) is 19.7. The number of benzene rings is 1. The Morgan fingerprint density at radius 1 is 1.09 bits per heavy atom. The van der Waals surface area contributed by atoms with E-state index in [4.69, 9.17) is 9.57 Å². The Morgan fingerprint density at radius 3 is 2.63 bits per heavy atom. The van der Waals surface area contributed by atoms with E-state index in [0.717, 1.165) is 28.7 Å². The maximum absolute atomic E-state index is 13.5. The van der Waals surface area contributed by atoms with Gasteiger partial charge in [-0.2, -0.15) is 0 Å². The summed E-state index contributed by atoms with van der Waals surface area (Å²) in [7, 11) is 0. The quantitative estimate of drug-likeness (QED) is 0.276. The molecule has 9 nitrogen and oxygen atoms in total. The molecule has 9 heteroatoms. The Labute approximate surface area is 202 Å². The van der Waals surface area contributed by atoms with Crippen LogP contribution in [0.5, 0.6) is 0 Å². The van der Waals surface area contributed by atoms with Gasteiger partial charge in [0.05, 0.1) is 23.4 Å². The largest absolute Gasteiger partial charge is 0.462 e. The molecule has 1 N–H and O–H groups in total. The van der Waals surface area contributed by atoms with Crippen LogP contribution in [0.2, 0.25) is 0 Å². The molecule has 0 aliphatic carbocycles. The molecule has 0 spiro atoms. The molecule has 180 valence electrons. The molecule has 0 radical (unpaired) electrons. The number of ether oxygens (including phenoxy) is 1. The van der Waals surface area contributed by atoms with E-state index in [9.17, 15) is 9.59 Å². The summed E-state index contributed by atoms with van der Waals surface area (Å²) in [5.41, 5.74) is 2.44. The topological polar surface area (TPSA) is 108 Å². The fraction of sp³-hybridized carbons (Fsp3) is 0.269. The molecule has 1 aromatic carbocycles. The van der Waals surface area contributed by atoms with Crippen LogP contribution in [0.15, 0.2) is 66.0 Å². The highest BCUT2D eigenvalue weighted by molar-refractivity contribution is 6.04. The summed E-state index contributed by atoms with van der Waals surface area (Å²) in [5, 5.41) is 3.81. The van der Waals surface area contributed by atoms with Gasteiger partial charge in [-0.3, -0.25) is 9.78 Å². The number of pyridine rings is 2. The number of aromatic nitrogens is 4. The molecule has 4 rings (SSSR count). The average molecular weight is 474 g/mol. The van der Waals surface area contributed by atoms with Crippen molar-refractivity contribution < 1.29 is 14.4 Å². The molecule has 0 bridgehead atoms. The first-order valence-electron chi connectivity index (χ1n) is 11.5. The van der Waals surface area contributed by atoms with Gasteiger partial charge < -0.3 is 14.9 Å². The molecule has 4 aromatic rings. The van der Waals surface area contributed by atoms with E-state index in [-0.39, 0.29) is 24.4 Å². The van der Waals surface area contributed by atoms with Crippen LogP contribution in [0.25, 0.3) is 11.0 Å². The lowest BCUT2D eigenvalue weighted by atomic mass is 10.1. The van der Waals surface area contributed by atoms with E-state index in [1.165, 1.54) is 6.33 Å². The Kier molecular flexibility index (Phi) is 7.67. The van der Waals surface area contributed by atoms with Crippen molar-refractivity contribution in [2.24, 2.45) is 0 Å². The Hall–Kier alpha value is -4.27. The predicted octanol–water partition coefficient (Wildman–Crippen LogP) is 3.35. The Bertz CT molecular complexity index is 1360. The van der Waals surface area contributed by atoms with E-state index in [2.05, 4.69) is 20.3 Å². The van der Waals surface area contributed by atoms with Crippen molar-refractivity contribution in [3.8, 4) is 0 Å². The van der Waals surface area contributed by atoms with Gasteiger partial charge >= 0.3 is 11.5 Å². The lowest BCUT2D eigenvalue weighted by molar-refractivity contribution is 0.0513. The molecule has 3 aromatic heterocycles. The third kappa shape index (κ3) is 5.46. The summed E-state index contributed by atoms with van der Waals surface area (Å²) in [6.07, 6.45) is 6.48. The molecule has 0 aliphatic rings. The number of esters is 1. The molecule has 0 atom stereocenters. The third-order valence-corrected chi connectivity index (χ3v) is 5.46. The van der Waals surface area contributed by atoms with Gasteiger partial charge in [-0.05, 0) is 43.9 Å². The smallest absolute Gasteiger partial charge is 0.346 e. The lowest BCUT2D eigenvalue weighted by Gasteiger charge is -2.18. The predicted molar refractivity (Wildman–Crippen MR) is 132 cm³/mol. The second-order valence-corrected chi connectivity index (χ2v) is 7.88. The molecular weight excluding hydrogens is 446 g/mol. The van der Waals surface area contributed by atoms with Crippen LogP contribution in [-0.2, 0) is 17.8 Å². The fourth-order valence-corrected chi connectivity index (χ4v) is 3.79. The maximum atomic E-state index is 13.5. The number of hydrogen-bond acceptors (Lipinski definition) is 8. The van der Waals surface area contributed by atoms with Crippen LogP contribution in [0.4, 0.5) is 5.69 Å². The number of nitrogens with one attached hydrogen (secondary N) is 1. The first kappa shape index (κ1) is 23.9. The van der Waals surface area contributed by atoms with Crippen LogP contribution in [0.3, 0.4) is 0 Å². The van der Waals surface area contributed by atoms with Crippen molar-refractivity contribution in [3.63, 3.8) is 0 Å². The fourth-order valence-electron chi connectivity index (χ4n) is 3.79. The number of carbonyl (C=O) groups excluding carboxylic acids is 1. The highest BCUT2D eigenvalue weighted by Gasteiger charge is 2.26. The van der Waals surface area contributed by atoms with Gasteiger partial charge in [0.15, 0.2) is 11.2 Å². The highest BCUT2D eigenvalue weighted by atomic mass is 16.7.